The summed E-state index contributed by atoms with van der Waals surface area (Å²) in [7, 11) is 0. The van der Waals surface area contributed by atoms with E-state index in [4.69, 9.17) is 5.73 Å². The van der Waals surface area contributed by atoms with Gasteiger partial charge in [0.25, 0.3) is 17.7 Å². The number of aromatic nitrogens is 1. The summed E-state index contributed by atoms with van der Waals surface area (Å²) in [6.45, 7) is 0.393. The standard InChI is InChI=1S/C24H22N6O7S.Na.H/c25-24-26-15(10-38-24)17(28-37)20(32)27-18-16-6-1-11(19(23(35)36)30(16)22(18)34)9-12-7-8-29(21(12)33)13-2-4-14(31)5-3-13;;/h2-5,9-10,16,18,31,37H,1,6-8H2,(H2,25,26)(H,27,32)(H,35,36);;/b12-9?,28-17-;;/t16-,18+;;/m1../s1. The summed E-state index contributed by atoms with van der Waals surface area (Å²) in [4.78, 5) is 57.4. The van der Waals surface area contributed by atoms with E-state index in [1.54, 1.807) is 12.1 Å². The second-order valence-electron chi connectivity index (χ2n) is 8.86. The molecule has 1 aromatic carbocycles. The van der Waals surface area contributed by atoms with Crippen LogP contribution in [-0.2, 0) is 19.2 Å². The molecule has 2 fully saturated rings. The molecule has 1 aromatic heterocycles. The monoisotopic (exact) mass is 562 g/mol. The van der Waals surface area contributed by atoms with Crippen LogP contribution in [0.25, 0.3) is 0 Å². The fourth-order valence-corrected chi connectivity index (χ4v) is 5.44. The maximum absolute atomic E-state index is 13.0. The number of aromatic hydroxyl groups is 1. The number of nitrogen functional groups attached to an aromatic ring is 1. The molecule has 39 heavy (non-hydrogen) atoms. The topological polar surface area (TPSA) is 199 Å². The number of benzene rings is 1. The number of aliphatic carboxylic acids is 1. The zero-order chi connectivity index (χ0) is 27.1. The van der Waals surface area contributed by atoms with Crippen LogP contribution in [0.1, 0.15) is 25.0 Å². The predicted octanol–water partition coefficient (Wildman–Crippen LogP) is 0.152. The van der Waals surface area contributed by atoms with Gasteiger partial charge in [0.15, 0.2) is 10.8 Å². The summed E-state index contributed by atoms with van der Waals surface area (Å²) in [5.74, 6) is -3.01. The molecule has 3 amide bonds. The Kier molecular flexibility index (Phi) is 8.11. The number of hydrogen-bond donors (Lipinski definition) is 5. The van der Waals surface area contributed by atoms with E-state index >= 15 is 0 Å². The van der Waals surface area contributed by atoms with E-state index in [1.165, 1.54) is 28.5 Å². The van der Waals surface area contributed by atoms with Crippen LogP contribution < -0.4 is 16.0 Å². The Morgan fingerprint density at radius 2 is 1.92 bits per heavy atom. The molecule has 0 radical (unpaired) electrons. The number of nitrogens with one attached hydrogen (secondary N) is 1. The van der Waals surface area contributed by atoms with Gasteiger partial charge in [0.2, 0.25) is 0 Å². The molecule has 6 N–H and O–H groups in total. The van der Waals surface area contributed by atoms with Crippen LogP contribution in [0.2, 0.25) is 0 Å². The van der Waals surface area contributed by atoms with E-state index in [0.717, 1.165) is 16.2 Å². The van der Waals surface area contributed by atoms with Crippen LogP contribution in [0.4, 0.5) is 10.8 Å². The van der Waals surface area contributed by atoms with E-state index < -0.39 is 35.6 Å². The Morgan fingerprint density at radius 1 is 1.21 bits per heavy atom. The Hall–Kier alpha value is -3.72. The molecule has 3 aliphatic heterocycles. The Labute approximate surface area is 247 Å². The number of nitrogens with two attached hydrogens (primary N) is 1. The molecule has 0 bridgehead atoms. The number of phenols is 1. The molecule has 2 atom stereocenters. The van der Waals surface area contributed by atoms with Gasteiger partial charge in [0.1, 0.15) is 23.2 Å². The number of rotatable bonds is 6. The maximum atomic E-state index is 13.0. The third-order valence-electron chi connectivity index (χ3n) is 6.68. The number of oxime groups is 1. The molecular weight excluding hydrogens is 539 g/mol. The van der Waals surface area contributed by atoms with Crippen LogP contribution in [0.5, 0.6) is 5.75 Å². The number of amides is 3. The van der Waals surface area contributed by atoms with Crippen molar-refractivity contribution in [2.45, 2.75) is 31.3 Å². The van der Waals surface area contributed by atoms with Crippen molar-refractivity contribution in [2.75, 3.05) is 17.2 Å². The third-order valence-corrected chi connectivity index (χ3v) is 7.35. The van der Waals surface area contributed by atoms with Gasteiger partial charge in [-0.05, 0) is 55.2 Å². The fraction of sp³-hybridized carbons (Fsp3) is 0.250. The molecule has 0 unspecified atom stereocenters. The molecule has 4 heterocycles. The van der Waals surface area contributed by atoms with Crippen molar-refractivity contribution < 1.29 is 34.6 Å². The molecule has 5 rings (SSSR count). The van der Waals surface area contributed by atoms with Crippen molar-refractivity contribution in [2.24, 2.45) is 5.16 Å². The Balaban J connectivity index is 0.00000353. The number of carboxylic acids is 1. The average Bonchev–Trinajstić information content (AvgIpc) is 3.48. The van der Waals surface area contributed by atoms with E-state index in [2.05, 4.69) is 15.5 Å². The number of thiazole rings is 1. The van der Waals surface area contributed by atoms with E-state index in [9.17, 15) is 34.6 Å². The van der Waals surface area contributed by atoms with E-state index in [0.29, 0.717) is 36.2 Å². The van der Waals surface area contributed by atoms with Gasteiger partial charge in [-0.25, -0.2) is 9.78 Å². The molecule has 2 aromatic rings. The third kappa shape index (κ3) is 5.15. The number of fused-ring (bicyclic) bond motifs is 1. The predicted molar refractivity (Wildman–Crippen MR) is 142 cm³/mol. The van der Waals surface area contributed by atoms with Crippen molar-refractivity contribution in [1.82, 2.24) is 15.2 Å². The number of allylic oxidation sites excluding steroid dienone is 2. The Morgan fingerprint density at radius 3 is 2.54 bits per heavy atom. The van der Waals surface area contributed by atoms with Crippen molar-refractivity contribution >= 4 is 81.1 Å². The summed E-state index contributed by atoms with van der Waals surface area (Å²) >= 11 is 1.04. The molecule has 15 heteroatoms. The SMILES string of the molecule is Nc1nc(/C(=N/O)C(=O)N[C@@H]2C(=O)N3C(C(=O)O)=C(C=C4CCN(c5ccc(O)cc5)C4=O)CC[C@H]23)cs1.[NaH]. The number of phenolic OH excluding ortho intramolecular Hbond substituents is 1. The number of β-lactam (4-membered cyclic amide) rings is 1. The van der Waals surface area contributed by atoms with Crippen molar-refractivity contribution in [3.8, 4) is 5.75 Å². The summed E-state index contributed by atoms with van der Waals surface area (Å²) in [6.07, 6.45) is 2.53. The quantitative estimate of drug-likeness (QED) is 0.0812. The van der Waals surface area contributed by atoms with Gasteiger partial charge < -0.3 is 31.4 Å². The second kappa shape index (κ2) is 11.2. The molecule has 2 saturated heterocycles. The van der Waals surface area contributed by atoms with Crippen molar-refractivity contribution in [1.29, 1.82) is 0 Å². The first-order valence-corrected chi connectivity index (χ1v) is 12.4. The minimum atomic E-state index is -1.32. The summed E-state index contributed by atoms with van der Waals surface area (Å²) in [6, 6.07) is 4.55. The van der Waals surface area contributed by atoms with Gasteiger partial charge in [-0.2, -0.15) is 0 Å². The molecule has 0 aliphatic carbocycles. The number of carbonyl (C=O) groups is 4. The van der Waals surface area contributed by atoms with Gasteiger partial charge in [0.05, 0.1) is 6.04 Å². The van der Waals surface area contributed by atoms with Crippen LogP contribution in [0, 0.1) is 0 Å². The zero-order valence-corrected chi connectivity index (χ0v) is 20.5. The number of anilines is 2. The normalized spacial score (nSPS) is 21.9. The molecule has 13 nitrogen and oxygen atoms in total. The van der Waals surface area contributed by atoms with Gasteiger partial charge >= 0.3 is 35.5 Å². The van der Waals surface area contributed by atoms with Crippen LogP contribution in [0.3, 0.4) is 0 Å². The van der Waals surface area contributed by atoms with E-state index in [-0.39, 0.29) is 64.2 Å². The number of hydrogen-bond acceptors (Lipinski definition) is 10. The zero-order valence-electron chi connectivity index (χ0n) is 19.7. The molecule has 0 saturated carbocycles. The first kappa shape index (κ1) is 28.3. The molecule has 0 spiro atoms. The number of carbonyl (C=O) groups excluding carboxylic acids is 3. The van der Waals surface area contributed by atoms with Gasteiger partial charge in [-0.1, -0.05) is 5.16 Å². The minimum absolute atomic E-state index is 0. The number of nitrogens with zero attached hydrogens (tertiary/aromatic N) is 4. The van der Waals surface area contributed by atoms with Gasteiger partial charge in [-0.15, -0.1) is 11.3 Å². The second-order valence-corrected chi connectivity index (χ2v) is 9.75. The summed E-state index contributed by atoms with van der Waals surface area (Å²) in [5.41, 5.74) is 6.32. The fourth-order valence-electron chi connectivity index (χ4n) is 4.89. The summed E-state index contributed by atoms with van der Waals surface area (Å²) < 4.78 is 0. The first-order valence-electron chi connectivity index (χ1n) is 11.5. The molecule has 3 aliphatic rings. The number of carboxylic acid groups (broad SMARTS) is 1. The Bertz CT molecular complexity index is 1450. The van der Waals surface area contributed by atoms with Crippen molar-refractivity contribution in [3.63, 3.8) is 0 Å². The van der Waals surface area contributed by atoms with Crippen molar-refractivity contribution in [3.05, 3.63) is 58.3 Å². The molecule has 198 valence electrons. The van der Waals surface area contributed by atoms with Crippen LogP contribution >= 0.6 is 11.3 Å². The average molecular weight is 563 g/mol. The van der Waals surface area contributed by atoms with Crippen LogP contribution in [0.15, 0.2) is 57.7 Å². The van der Waals surface area contributed by atoms with Gasteiger partial charge in [0, 0.05) is 23.2 Å². The first-order chi connectivity index (χ1) is 18.2. The summed E-state index contributed by atoms with van der Waals surface area (Å²) in [5, 5.41) is 35.8. The van der Waals surface area contributed by atoms with Crippen LogP contribution in [-0.4, -0.2) is 103 Å². The van der Waals surface area contributed by atoms with E-state index in [1.807, 2.05) is 0 Å². The van der Waals surface area contributed by atoms with Gasteiger partial charge in [-0.3, -0.25) is 19.3 Å². The molecular formula is C24H23N6NaO7S.